The van der Waals surface area contributed by atoms with Crippen LogP contribution in [0.25, 0.3) is 0 Å². The minimum Gasteiger partial charge on any atom is -0.383 e. The zero-order chi connectivity index (χ0) is 11.2. The van der Waals surface area contributed by atoms with E-state index in [0.717, 1.165) is 6.61 Å². The molecule has 0 unspecified atom stereocenters. The minimum absolute atomic E-state index is 0.151. The van der Waals surface area contributed by atoms with Gasteiger partial charge in [0.05, 0.1) is 6.61 Å². The van der Waals surface area contributed by atoms with Gasteiger partial charge in [0.2, 0.25) is 0 Å². The Bertz CT molecular complexity index is 143. The molecule has 0 saturated carbocycles. The van der Waals surface area contributed by atoms with Crippen LogP contribution in [-0.2, 0) is 4.74 Å². The Labute approximate surface area is 89.6 Å². The van der Waals surface area contributed by atoms with Gasteiger partial charge in [0, 0.05) is 18.7 Å². The molecule has 0 fully saturated rings. The van der Waals surface area contributed by atoms with Crippen LogP contribution in [0.4, 0.5) is 0 Å². The molecular weight excluding hydrogens is 174 g/mol. The van der Waals surface area contributed by atoms with E-state index < -0.39 is 0 Å². The van der Waals surface area contributed by atoms with Crippen LogP contribution < -0.4 is 0 Å². The summed E-state index contributed by atoms with van der Waals surface area (Å²) in [5.41, 5.74) is 0.151. The van der Waals surface area contributed by atoms with Crippen LogP contribution in [0.1, 0.15) is 47.5 Å². The van der Waals surface area contributed by atoms with E-state index in [9.17, 15) is 0 Å². The van der Waals surface area contributed by atoms with Gasteiger partial charge in [-0.15, -0.1) is 0 Å². The largest absolute Gasteiger partial charge is 0.383 e. The maximum Gasteiger partial charge on any atom is 0.0641 e. The number of rotatable bonds is 7. The van der Waals surface area contributed by atoms with E-state index in [2.05, 4.69) is 39.5 Å². The van der Waals surface area contributed by atoms with Crippen molar-refractivity contribution in [3.8, 4) is 0 Å². The minimum atomic E-state index is 0.151. The second-order valence-electron chi connectivity index (χ2n) is 4.89. The normalized spacial score (nSPS) is 12.9. The van der Waals surface area contributed by atoms with Gasteiger partial charge in [-0.2, -0.15) is 0 Å². The monoisotopic (exact) mass is 201 g/mol. The molecule has 0 heterocycles. The topological polar surface area (TPSA) is 12.5 Å². The second-order valence-corrected chi connectivity index (χ2v) is 4.89. The molecule has 86 valence electrons. The van der Waals surface area contributed by atoms with E-state index in [0.29, 0.717) is 6.04 Å². The van der Waals surface area contributed by atoms with E-state index in [1.165, 1.54) is 19.4 Å². The molecule has 0 spiro atoms. The Hall–Kier alpha value is -0.0800. The van der Waals surface area contributed by atoms with Gasteiger partial charge >= 0.3 is 0 Å². The maximum atomic E-state index is 5.28. The third-order valence-corrected chi connectivity index (χ3v) is 2.65. The van der Waals surface area contributed by atoms with Gasteiger partial charge in [0.15, 0.2) is 0 Å². The lowest BCUT2D eigenvalue weighted by molar-refractivity contribution is 0.0132. The smallest absolute Gasteiger partial charge is 0.0641 e. The van der Waals surface area contributed by atoms with Crippen molar-refractivity contribution in [1.82, 2.24) is 4.90 Å². The van der Waals surface area contributed by atoms with Gasteiger partial charge in [-0.05, 0) is 40.7 Å². The number of nitrogens with zero attached hydrogens (tertiary/aromatic N) is 1. The molecule has 0 aliphatic rings. The van der Waals surface area contributed by atoms with Crippen molar-refractivity contribution >= 4 is 0 Å². The molecule has 14 heavy (non-hydrogen) atoms. The molecule has 0 aliphatic heterocycles. The Balaban J connectivity index is 4.30. The molecule has 0 amide bonds. The average Bonchev–Trinajstić information content (AvgIpc) is 2.03. The SMILES string of the molecule is CCCCN(C(C)C)C(C)(C)COC. The van der Waals surface area contributed by atoms with Crippen molar-refractivity contribution in [2.75, 3.05) is 20.3 Å². The summed E-state index contributed by atoms with van der Waals surface area (Å²) in [7, 11) is 1.78. The van der Waals surface area contributed by atoms with Crippen LogP contribution in [0.2, 0.25) is 0 Å². The van der Waals surface area contributed by atoms with Gasteiger partial charge in [-0.3, -0.25) is 4.90 Å². The molecule has 0 aromatic rings. The quantitative estimate of drug-likeness (QED) is 0.628. The maximum absolute atomic E-state index is 5.28. The van der Waals surface area contributed by atoms with Gasteiger partial charge in [-0.1, -0.05) is 13.3 Å². The van der Waals surface area contributed by atoms with Crippen LogP contribution in [0.3, 0.4) is 0 Å². The highest BCUT2D eigenvalue weighted by Crippen LogP contribution is 2.18. The fraction of sp³-hybridized carbons (Fsp3) is 1.00. The summed E-state index contributed by atoms with van der Waals surface area (Å²) >= 11 is 0. The Morgan fingerprint density at radius 1 is 1.29 bits per heavy atom. The highest BCUT2D eigenvalue weighted by atomic mass is 16.5. The van der Waals surface area contributed by atoms with Crippen molar-refractivity contribution in [2.24, 2.45) is 0 Å². The summed E-state index contributed by atoms with van der Waals surface area (Å²) in [5, 5.41) is 0. The predicted molar refractivity (Wildman–Crippen MR) is 62.7 cm³/mol. The van der Waals surface area contributed by atoms with Gasteiger partial charge in [0.25, 0.3) is 0 Å². The van der Waals surface area contributed by atoms with Crippen LogP contribution in [0, 0.1) is 0 Å². The lowest BCUT2D eigenvalue weighted by atomic mass is 10.0. The number of ether oxygens (including phenoxy) is 1. The standard InChI is InChI=1S/C12H27NO/c1-7-8-9-13(11(2)3)12(4,5)10-14-6/h11H,7-10H2,1-6H3. The van der Waals surface area contributed by atoms with E-state index in [1.807, 2.05) is 0 Å². The molecule has 0 radical (unpaired) electrons. The van der Waals surface area contributed by atoms with Crippen molar-refractivity contribution in [2.45, 2.75) is 59.0 Å². The zero-order valence-corrected chi connectivity index (χ0v) is 10.8. The number of hydrogen-bond acceptors (Lipinski definition) is 2. The first-order valence-electron chi connectivity index (χ1n) is 5.71. The first-order chi connectivity index (χ1) is 6.45. The first-order valence-corrected chi connectivity index (χ1v) is 5.71. The molecule has 0 aromatic carbocycles. The molecule has 2 heteroatoms. The summed E-state index contributed by atoms with van der Waals surface area (Å²) in [6.07, 6.45) is 2.53. The third kappa shape index (κ3) is 4.43. The van der Waals surface area contributed by atoms with E-state index in [4.69, 9.17) is 4.74 Å². The predicted octanol–water partition coefficient (Wildman–Crippen LogP) is 2.92. The summed E-state index contributed by atoms with van der Waals surface area (Å²) in [5.74, 6) is 0. The Morgan fingerprint density at radius 3 is 2.21 bits per heavy atom. The van der Waals surface area contributed by atoms with Crippen LogP contribution in [-0.4, -0.2) is 36.7 Å². The average molecular weight is 201 g/mol. The van der Waals surface area contributed by atoms with Crippen molar-refractivity contribution < 1.29 is 4.74 Å². The molecule has 0 rings (SSSR count). The van der Waals surface area contributed by atoms with Crippen LogP contribution in [0.15, 0.2) is 0 Å². The highest BCUT2D eigenvalue weighted by molar-refractivity contribution is 4.83. The summed E-state index contributed by atoms with van der Waals surface area (Å²) < 4.78 is 5.28. The van der Waals surface area contributed by atoms with Gasteiger partial charge in [-0.25, -0.2) is 0 Å². The van der Waals surface area contributed by atoms with E-state index in [1.54, 1.807) is 7.11 Å². The Kier molecular flexibility index (Phi) is 6.38. The molecule has 0 aromatic heterocycles. The van der Waals surface area contributed by atoms with E-state index in [-0.39, 0.29) is 5.54 Å². The number of methoxy groups -OCH3 is 1. The summed E-state index contributed by atoms with van der Waals surface area (Å²) in [4.78, 5) is 2.53. The molecule has 0 aliphatic carbocycles. The van der Waals surface area contributed by atoms with E-state index >= 15 is 0 Å². The summed E-state index contributed by atoms with van der Waals surface area (Å²) in [6.45, 7) is 13.2. The van der Waals surface area contributed by atoms with Crippen molar-refractivity contribution in [1.29, 1.82) is 0 Å². The lowest BCUT2D eigenvalue weighted by Crippen LogP contribution is -2.51. The number of unbranched alkanes of at least 4 members (excludes halogenated alkanes) is 1. The Morgan fingerprint density at radius 2 is 1.86 bits per heavy atom. The molecule has 0 bridgehead atoms. The highest BCUT2D eigenvalue weighted by Gasteiger charge is 2.27. The molecule has 0 atom stereocenters. The number of hydrogen-bond donors (Lipinski definition) is 0. The fourth-order valence-electron chi connectivity index (χ4n) is 2.02. The van der Waals surface area contributed by atoms with Crippen molar-refractivity contribution in [3.05, 3.63) is 0 Å². The lowest BCUT2D eigenvalue weighted by Gasteiger charge is -2.41. The first kappa shape index (κ1) is 13.9. The zero-order valence-electron chi connectivity index (χ0n) is 10.8. The van der Waals surface area contributed by atoms with Gasteiger partial charge < -0.3 is 4.74 Å². The second kappa shape index (κ2) is 6.41. The molecular formula is C12H27NO. The molecule has 2 nitrogen and oxygen atoms in total. The molecule has 0 N–H and O–H groups in total. The van der Waals surface area contributed by atoms with Crippen molar-refractivity contribution in [3.63, 3.8) is 0 Å². The van der Waals surface area contributed by atoms with Gasteiger partial charge in [0.1, 0.15) is 0 Å². The fourth-order valence-corrected chi connectivity index (χ4v) is 2.02. The summed E-state index contributed by atoms with van der Waals surface area (Å²) in [6, 6.07) is 0.590. The van der Waals surface area contributed by atoms with Crippen LogP contribution >= 0.6 is 0 Å². The van der Waals surface area contributed by atoms with Crippen LogP contribution in [0.5, 0.6) is 0 Å². The molecule has 0 saturated heterocycles. The third-order valence-electron chi connectivity index (χ3n) is 2.65.